The van der Waals surface area contributed by atoms with Gasteiger partial charge in [-0.15, -0.1) is 0 Å². The number of carbonyl (C=O) groups is 2. The molecule has 0 aliphatic carbocycles. The highest BCUT2D eigenvalue weighted by atomic mass is 16.5. The molecular formula is C23H28N2O5. The van der Waals surface area contributed by atoms with Crippen LogP contribution in [-0.4, -0.2) is 50.6 Å². The minimum absolute atomic E-state index is 0.121. The summed E-state index contributed by atoms with van der Waals surface area (Å²) >= 11 is 0. The number of hydrogen-bond acceptors (Lipinski definition) is 5. The Kier molecular flexibility index (Phi) is 6.82. The molecule has 1 atom stereocenters. The predicted molar refractivity (Wildman–Crippen MR) is 113 cm³/mol. The molecule has 0 spiro atoms. The van der Waals surface area contributed by atoms with E-state index < -0.39 is 11.3 Å². The summed E-state index contributed by atoms with van der Waals surface area (Å²) in [7, 11) is 3.08. The molecule has 7 heteroatoms. The Morgan fingerprint density at radius 2 is 1.80 bits per heavy atom. The molecule has 30 heavy (non-hydrogen) atoms. The summed E-state index contributed by atoms with van der Waals surface area (Å²) < 4.78 is 16.5. The highest BCUT2D eigenvalue weighted by molar-refractivity contribution is 5.95. The zero-order chi connectivity index (χ0) is 21.6. The highest BCUT2D eigenvalue weighted by Gasteiger charge is 2.39. The molecule has 1 aliphatic rings. The fourth-order valence-corrected chi connectivity index (χ4v) is 3.97. The Hall–Kier alpha value is -3.22. The van der Waals surface area contributed by atoms with E-state index in [1.807, 2.05) is 30.3 Å². The van der Waals surface area contributed by atoms with Crippen LogP contribution in [-0.2, 0) is 4.79 Å². The summed E-state index contributed by atoms with van der Waals surface area (Å²) in [6.07, 6.45) is 1.69. The van der Waals surface area contributed by atoms with Crippen molar-refractivity contribution in [2.24, 2.45) is 11.1 Å². The maximum absolute atomic E-state index is 13.2. The fourth-order valence-electron chi connectivity index (χ4n) is 3.97. The van der Waals surface area contributed by atoms with Gasteiger partial charge in [0.2, 0.25) is 5.91 Å². The summed E-state index contributed by atoms with van der Waals surface area (Å²) in [5.41, 5.74) is 5.54. The van der Waals surface area contributed by atoms with Crippen molar-refractivity contribution < 1.29 is 23.8 Å². The number of rotatable bonds is 8. The molecule has 2 aromatic rings. The second-order valence-corrected chi connectivity index (χ2v) is 7.64. The number of methoxy groups -OCH3 is 2. The Morgan fingerprint density at radius 1 is 1.07 bits per heavy atom. The Balaban J connectivity index is 1.79. The molecule has 1 heterocycles. The standard InChI is InChI=1S/C23H28N2O5/c1-28-19-10-9-17(13-20(19)29-2)22(27)25-12-6-11-23(15-25,14-21(24)26)16-30-18-7-4-3-5-8-18/h3-5,7-10,13H,6,11-12,14-16H2,1-2H3,(H2,24,26)/t23-/m0/s1. The number of nitrogens with two attached hydrogens (primary N) is 1. The van der Waals surface area contributed by atoms with Gasteiger partial charge in [0.1, 0.15) is 5.75 Å². The number of para-hydroxylation sites is 1. The van der Waals surface area contributed by atoms with E-state index in [-0.39, 0.29) is 12.3 Å². The number of carbonyl (C=O) groups excluding carboxylic acids is 2. The van der Waals surface area contributed by atoms with Gasteiger partial charge in [-0.2, -0.15) is 0 Å². The Bertz CT molecular complexity index is 886. The van der Waals surface area contributed by atoms with Crippen molar-refractivity contribution in [3.8, 4) is 17.2 Å². The first-order chi connectivity index (χ1) is 14.5. The first kappa shape index (κ1) is 21.5. The van der Waals surface area contributed by atoms with Crippen LogP contribution in [0.5, 0.6) is 17.2 Å². The average Bonchev–Trinajstić information content (AvgIpc) is 2.77. The van der Waals surface area contributed by atoms with Crippen molar-refractivity contribution in [2.75, 3.05) is 33.9 Å². The van der Waals surface area contributed by atoms with Gasteiger partial charge < -0.3 is 24.8 Å². The summed E-state index contributed by atoms with van der Waals surface area (Å²) in [5.74, 6) is 1.27. The van der Waals surface area contributed by atoms with E-state index in [1.54, 1.807) is 30.2 Å². The number of primary amides is 1. The van der Waals surface area contributed by atoms with Crippen molar-refractivity contribution in [1.82, 2.24) is 4.90 Å². The number of likely N-dealkylation sites (tertiary alicyclic amines) is 1. The lowest BCUT2D eigenvalue weighted by molar-refractivity contribution is -0.122. The van der Waals surface area contributed by atoms with Gasteiger partial charge in [-0.05, 0) is 43.2 Å². The molecule has 0 unspecified atom stereocenters. The van der Waals surface area contributed by atoms with E-state index in [0.29, 0.717) is 36.8 Å². The van der Waals surface area contributed by atoms with Crippen molar-refractivity contribution in [1.29, 1.82) is 0 Å². The first-order valence-corrected chi connectivity index (χ1v) is 9.94. The molecule has 1 fully saturated rings. The highest BCUT2D eigenvalue weighted by Crippen LogP contribution is 2.36. The SMILES string of the molecule is COc1ccc(C(=O)N2CCC[C@](COc3ccccc3)(CC(N)=O)C2)cc1OC. The van der Waals surface area contributed by atoms with Crippen molar-refractivity contribution in [3.05, 3.63) is 54.1 Å². The Labute approximate surface area is 176 Å². The summed E-state index contributed by atoms with van der Waals surface area (Å²) in [6, 6.07) is 14.5. The molecule has 1 saturated heterocycles. The third kappa shape index (κ3) is 5.03. The van der Waals surface area contributed by atoms with Crippen LogP contribution in [0, 0.1) is 5.41 Å². The maximum Gasteiger partial charge on any atom is 0.254 e. The third-order valence-electron chi connectivity index (χ3n) is 5.42. The van der Waals surface area contributed by atoms with E-state index >= 15 is 0 Å². The average molecular weight is 412 g/mol. The topological polar surface area (TPSA) is 91.1 Å². The van der Waals surface area contributed by atoms with Crippen LogP contribution < -0.4 is 19.9 Å². The van der Waals surface area contributed by atoms with Gasteiger partial charge in [-0.1, -0.05) is 18.2 Å². The molecule has 2 amide bonds. The number of hydrogen-bond donors (Lipinski definition) is 1. The third-order valence-corrected chi connectivity index (χ3v) is 5.42. The number of ether oxygens (including phenoxy) is 3. The number of nitrogens with zero attached hydrogens (tertiary/aromatic N) is 1. The van der Waals surface area contributed by atoms with E-state index in [4.69, 9.17) is 19.9 Å². The maximum atomic E-state index is 13.2. The van der Waals surface area contributed by atoms with Crippen LogP contribution in [0.25, 0.3) is 0 Å². The zero-order valence-electron chi connectivity index (χ0n) is 17.4. The molecule has 2 N–H and O–H groups in total. The summed E-state index contributed by atoms with van der Waals surface area (Å²) in [6.45, 7) is 1.32. The van der Waals surface area contributed by atoms with E-state index in [1.165, 1.54) is 7.11 Å². The molecular weight excluding hydrogens is 384 g/mol. The molecule has 0 aromatic heterocycles. The predicted octanol–water partition coefficient (Wildman–Crippen LogP) is 2.88. The van der Waals surface area contributed by atoms with Crippen LogP contribution in [0.3, 0.4) is 0 Å². The molecule has 0 saturated carbocycles. The molecule has 7 nitrogen and oxygen atoms in total. The summed E-state index contributed by atoms with van der Waals surface area (Å²) in [4.78, 5) is 26.8. The smallest absolute Gasteiger partial charge is 0.254 e. The van der Waals surface area contributed by atoms with Gasteiger partial charge in [0.25, 0.3) is 5.91 Å². The van der Waals surface area contributed by atoms with Crippen LogP contribution in [0.2, 0.25) is 0 Å². The van der Waals surface area contributed by atoms with E-state index in [9.17, 15) is 9.59 Å². The largest absolute Gasteiger partial charge is 0.493 e. The van der Waals surface area contributed by atoms with E-state index in [2.05, 4.69) is 0 Å². The first-order valence-electron chi connectivity index (χ1n) is 9.94. The zero-order valence-corrected chi connectivity index (χ0v) is 17.4. The van der Waals surface area contributed by atoms with Crippen molar-refractivity contribution >= 4 is 11.8 Å². The quantitative estimate of drug-likeness (QED) is 0.720. The number of amides is 2. The van der Waals surface area contributed by atoms with Crippen molar-refractivity contribution in [2.45, 2.75) is 19.3 Å². The lowest BCUT2D eigenvalue weighted by Gasteiger charge is -2.42. The molecule has 2 aromatic carbocycles. The molecule has 160 valence electrons. The van der Waals surface area contributed by atoms with Gasteiger partial charge >= 0.3 is 0 Å². The molecule has 0 radical (unpaired) electrons. The summed E-state index contributed by atoms with van der Waals surface area (Å²) in [5, 5.41) is 0. The normalized spacial score (nSPS) is 18.5. The number of piperidine rings is 1. The minimum Gasteiger partial charge on any atom is -0.493 e. The Morgan fingerprint density at radius 3 is 2.47 bits per heavy atom. The molecule has 0 bridgehead atoms. The van der Waals surface area contributed by atoms with Gasteiger partial charge in [0.15, 0.2) is 11.5 Å². The fraction of sp³-hybridized carbons (Fsp3) is 0.391. The second kappa shape index (κ2) is 9.52. The van der Waals surface area contributed by atoms with Gasteiger partial charge in [-0.3, -0.25) is 9.59 Å². The lowest BCUT2D eigenvalue weighted by atomic mass is 9.77. The van der Waals surface area contributed by atoms with Crippen LogP contribution >= 0.6 is 0 Å². The van der Waals surface area contributed by atoms with Crippen molar-refractivity contribution in [3.63, 3.8) is 0 Å². The van der Waals surface area contributed by atoms with Gasteiger partial charge in [0.05, 0.1) is 20.8 Å². The monoisotopic (exact) mass is 412 g/mol. The van der Waals surface area contributed by atoms with E-state index in [0.717, 1.165) is 18.6 Å². The minimum atomic E-state index is -0.522. The van der Waals surface area contributed by atoms with Crippen LogP contribution in [0.1, 0.15) is 29.6 Å². The lowest BCUT2D eigenvalue weighted by Crippen LogP contribution is -2.50. The second-order valence-electron chi connectivity index (χ2n) is 7.64. The van der Waals surface area contributed by atoms with Crippen LogP contribution in [0.4, 0.5) is 0 Å². The number of benzene rings is 2. The molecule has 3 rings (SSSR count). The van der Waals surface area contributed by atoms with Gasteiger partial charge in [-0.25, -0.2) is 0 Å². The molecule has 1 aliphatic heterocycles. The van der Waals surface area contributed by atoms with Crippen LogP contribution in [0.15, 0.2) is 48.5 Å². The van der Waals surface area contributed by atoms with Gasteiger partial charge in [0, 0.05) is 30.5 Å².